The van der Waals surface area contributed by atoms with Crippen LogP contribution in [0.5, 0.6) is 0 Å². The fourth-order valence-corrected chi connectivity index (χ4v) is 4.36. The van der Waals surface area contributed by atoms with E-state index in [1.54, 1.807) is 26.8 Å². The van der Waals surface area contributed by atoms with Crippen molar-refractivity contribution in [3.63, 3.8) is 0 Å². The molecule has 1 aliphatic rings. The molecule has 2 N–H and O–H groups in total. The number of aryl methyl sites for hydroxylation is 1. The van der Waals surface area contributed by atoms with Crippen LogP contribution in [-0.4, -0.2) is 26.3 Å². The van der Waals surface area contributed by atoms with Crippen molar-refractivity contribution in [3.05, 3.63) is 29.3 Å². The summed E-state index contributed by atoms with van der Waals surface area (Å²) in [5.41, 5.74) is 0.412. The van der Waals surface area contributed by atoms with Gasteiger partial charge >= 0.3 is 6.18 Å². The molecule has 154 valence electrons. The molecule has 0 spiro atoms. The Morgan fingerprint density at radius 1 is 1.15 bits per heavy atom. The Morgan fingerprint density at radius 2 is 1.78 bits per heavy atom. The van der Waals surface area contributed by atoms with Gasteiger partial charge < -0.3 is 5.32 Å². The number of hydrogen-bond donors (Lipinski definition) is 2. The second kappa shape index (κ2) is 8.82. The van der Waals surface area contributed by atoms with Gasteiger partial charge in [0.1, 0.15) is 0 Å². The topological polar surface area (TPSA) is 58.2 Å². The molecular formula is C19H29F3N2O2S. The van der Waals surface area contributed by atoms with E-state index in [2.05, 4.69) is 10.0 Å². The molecule has 0 saturated heterocycles. The summed E-state index contributed by atoms with van der Waals surface area (Å²) < 4.78 is 65.6. The lowest BCUT2D eigenvalue weighted by Gasteiger charge is -2.30. The second-order valence-electron chi connectivity index (χ2n) is 7.53. The Balaban J connectivity index is 1.87. The highest BCUT2D eigenvalue weighted by Gasteiger charge is 2.33. The van der Waals surface area contributed by atoms with Gasteiger partial charge in [0.2, 0.25) is 10.0 Å². The summed E-state index contributed by atoms with van der Waals surface area (Å²) in [5.74, 6) is 0.386. The molecular weight excluding hydrogens is 377 g/mol. The van der Waals surface area contributed by atoms with Gasteiger partial charge in [-0.1, -0.05) is 6.92 Å². The van der Waals surface area contributed by atoms with Crippen LogP contribution in [0.2, 0.25) is 0 Å². The van der Waals surface area contributed by atoms with E-state index in [0.717, 1.165) is 31.7 Å². The van der Waals surface area contributed by atoms with Crippen molar-refractivity contribution in [3.8, 4) is 0 Å². The Morgan fingerprint density at radius 3 is 2.30 bits per heavy atom. The summed E-state index contributed by atoms with van der Waals surface area (Å²) in [7, 11) is -3.25. The van der Waals surface area contributed by atoms with E-state index in [9.17, 15) is 21.6 Å². The second-order valence-corrected chi connectivity index (χ2v) is 9.80. The average molecular weight is 407 g/mol. The van der Waals surface area contributed by atoms with Gasteiger partial charge in [0.05, 0.1) is 10.8 Å². The molecule has 1 aromatic carbocycles. The molecule has 0 atom stereocenters. The smallest absolute Gasteiger partial charge is 0.385 e. The predicted molar refractivity (Wildman–Crippen MR) is 102 cm³/mol. The largest absolute Gasteiger partial charge is 0.416 e. The zero-order valence-electron chi connectivity index (χ0n) is 16.1. The lowest BCUT2D eigenvalue weighted by atomic mass is 9.86. The summed E-state index contributed by atoms with van der Waals surface area (Å²) in [6, 6.07) is 4.17. The first kappa shape index (κ1) is 22.0. The number of anilines is 1. The van der Waals surface area contributed by atoms with E-state index < -0.39 is 27.0 Å². The van der Waals surface area contributed by atoms with Crippen molar-refractivity contribution in [2.75, 3.05) is 11.9 Å². The van der Waals surface area contributed by atoms with E-state index in [-0.39, 0.29) is 6.04 Å². The summed E-state index contributed by atoms with van der Waals surface area (Å²) in [4.78, 5) is 0. The van der Waals surface area contributed by atoms with Crippen LogP contribution in [0.25, 0.3) is 0 Å². The summed E-state index contributed by atoms with van der Waals surface area (Å²) in [5, 5.41) is 2.80. The third-order valence-corrected chi connectivity index (χ3v) is 7.09. The van der Waals surface area contributed by atoms with Crippen LogP contribution in [0.1, 0.15) is 57.6 Å². The van der Waals surface area contributed by atoms with Gasteiger partial charge in [-0.05, 0) is 75.6 Å². The number of nitrogens with one attached hydrogen (secondary N) is 2. The molecule has 0 radical (unpaired) electrons. The summed E-state index contributed by atoms with van der Waals surface area (Å²) in [6.45, 7) is 5.71. The highest BCUT2D eigenvalue weighted by molar-refractivity contribution is 7.90. The Hall–Kier alpha value is -1.28. The van der Waals surface area contributed by atoms with Crippen molar-refractivity contribution in [2.24, 2.45) is 5.92 Å². The lowest BCUT2D eigenvalue weighted by molar-refractivity contribution is -0.138. The van der Waals surface area contributed by atoms with Gasteiger partial charge in [-0.2, -0.15) is 13.2 Å². The SMILES string of the molecule is CCc1cc(NCC2CCC(NS(=O)(=O)C(C)C)CC2)ccc1C(F)(F)F. The molecule has 1 fully saturated rings. The minimum Gasteiger partial charge on any atom is -0.385 e. The Bertz CT molecular complexity index is 725. The van der Waals surface area contributed by atoms with Crippen LogP contribution in [0.3, 0.4) is 0 Å². The zero-order chi connectivity index (χ0) is 20.2. The molecule has 0 bridgehead atoms. The van der Waals surface area contributed by atoms with E-state index in [1.807, 2.05) is 0 Å². The van der Waals surface area contributed by atoms with E-state index in [0.29, 0.717) is 30.1 Å². The third kappa shape index (κ3) is 6.10. The van der Waals surface area contributed by atoms with E-state index in [4.69, 9.17) is 0 Å². The van der Waals surface area contributed by atoms with Crippen LogP contribution in [0, 0.1) is 5.92 Å². The molecule has 0 aromatic heterocycles. The average Bonchev–Trinajstić information content (AvgIpc) is 2.59. The van der Waals surface area contributed by atoms with Crippen molar-refractivity contribution in [1.29, 1.82) is 0 Å². The Labute approximate surface area is 160 Å². The Kier molecular flexibility index (Phi) is 7.19. The maximum atomic E-state index is 13.0. The minimum absolute atomic E-state index is 0.0218. The van der Waals surface area contributed by atoms with Crippen molar-refractivity contribution in [2.45, 2.75) is 70.3 Å². The van der Waals surface area contributed by atoms with Gasteiger partial charge in [-0.15, -0.1) is 0 Å². The molecule has 8 heteroatoms. The van der Waals surface area contributed by atoms with E-state index in [1.165, 1.54) is 6.07 Å². The zero-order valence-corrected chi connectivity index (χ0v) is 16.9. The first-order chi connectivity index (χ1) is 12.5. The van der Waals surface area contributed by atoms with Crippen molar-refractivity contribution < 1.29 is 21.6 Å². The number of hydrogen-bond acceptors (Lipinski definition) is 3. The minimum atomic E-state index is -4.33. The monoisotopic (exact) mass is 406 g/mol. The first-order valence-corrected chi connectivity index (χ1v) is 11.0. The molecule has 1 aliphatic carbocycles. The molecule has 2 rings (SSSR count). The van der Waals surface area contributed by atoms with Gasteiger partial charge in [0.25, 0.3) is 0 Å². The molecule has 1 aromatic rings. The van der Waals surface area contributed by atoms with Crippen LogP contribution in [0.4, 0.5) is 18.9 Å². The third-order valence-electron chi connectivity index (χ3n) is 5.18. The fraction of sp³-hybridized carbons (Fsp3) is 0.684. The van der Waals surface area contributed by atoms with Crippen LogP contribution in [0.15, 0.2) is 18.2 Å². The summed E-state index contributed by atoms with van der Waals surface area (Å²) >= 11 is 0. The molecule has 0 unspecified atom stereocenters. The quantitative estimate of drug-likeness (QED) is 0.698. The first-order valence-electron chi connectivity index (χ1n) is 9.48. The van der Waals surface area contributed by atoms with E-state index >= 15 is 0 Å². The maximum Gasteiger partial charge on any atom is 0.416 e. The highest BCUT2D eigenvalue weighted by Crippen LogP contribution is 2.34. The van der Waals surface area contributed by atoms with Gasteiger partial charge in [0, 0.05) is 18.3 Å². The standard InChI is InChI=1S/C19H29F3N2O2S/c1-4-15-11-17(9-10-18(15)19(20,21)22)23-12-14-5-7-16(8-6-14)24-27(25,26)13(2)3/h9-11,13-14,16,23-24H,4-8,12H2,1-3H3. The number of alkyl halides is 3. The summed E-state index contributed by atoms with van der Waals surface area (Å²) in [6.07, 6.45) is -0.660. The molecule has 4 nitrogen and oxygen atoms in total. The van der Waals surface area contributed by atoms with Gasteiger partial charge in [-0.3, -0.25) is 0 Å². The molecule has 0 amide bonds. The number of benzene rings is 1. The fourth-order valence-electron chi connectivity index (χ4n) is 3.39. The van der Waals surface area contributed by atoms with Crippen molar-refractivity contribution in [1.82, 2.24) is 4.72 Å². The van der Waals surface area contributed by atoms with Gasteiger partial charge in [0.15, 0.2) is 0 Å². The predicted octanol–water partition coefficient (Wildman–Crippen LogP) is 4.57. The van der Waals surface area contributed by atoms with Crippen LogP contribution in [-0.2, 0) is 22.6 Å². The van der Waals surface area contributed by atoms with Crippen LogP contribution < -0.4 is 10.0 Å². The van der Waals surface area contributed by atoms with Gasteiger partial charge in [-0.25, -0.2) is 13.1 Å². The molecule has 1 saturated carbocycles. The lowest BCUT2D eigenvalue weighted by Crippen LogP contribution is -2.41. The number of halogens is 3. The van der Waals surface area contributed by atoms with Crippen molar-refractivity contribution >= 4 is 15.7 Å². The number of rotatable bonds is 7. The molecule has 0 heterocycles. The normalized spacial score (nSPS) is 21.4. The highest BCUT2D eigenvalue weighted by atomic mass is 32.2. The number of sulfonamides is 1. The van der Waals surface area contributed by atoms with Crippen LogP contribution >= 0.6 is 0 Å². The maximum absolute atomic E-state index is 13.0. The molecule has 27 heavy (non-hydrogen) atoms. The molecule has 0 aliphatic heterocycles.